The lowest BCUT2D eigenvalue weighted by Crippen LogP contribution is -2.27. The molecular formula is C23H23NO4. The number of carbonyl (C=O) groups is 1. The first-order chi connectivity index (χ1) is 13.6. The smallest absolute Gasteiger partial charge is 0.342 e. The molecule has 1 aromatic heterocycles. The molecule has 5 nitrogen and oxygen atoms in total. The van der Waals surface area contributed by atoms with E-state index in [9.17, 15) is 9.59 Å². The van der Waals surface area contributed by atoms with Crippen molar-refractivity contribution in [2.24, 2.45) is 0 Å². The van der Waals surface area contributed by atoms with Crippen LogP contribution in [0.3, 0.4) is 0 Å². The molecule has 0 amide bonds. The molecule has 3 rings (SSSR count). The monoisotopic (exact) mass is 377 g/mol. The van der Waals surface area contributed by atoms with Gasteiger partial charge < -0.3 is 14.0 Å². The van der Waals surface area contributed by atoms with Crippen LogP contribution in [0.25, 0.3) is 0 Å². The predicted octanol–water partition coefficient (Wildman–Crippen LogP) is 3.96. The number of hydrogen-bond acceptors (Lipinski definition) is 4. The van der Waals surface area contributed by atoms with E-state index in [1.165, 1.54) is 0 Å². The van der Waals surface area contributed by atoms with E-state index in [0.717, 1.165) is 11.1 Å². The van der Waals surface area contributed by atoms with E-state index in [1.54, 1.807) is 24.5 Å². The van der Waals surface area contributed by atoms with Crippen LogP contribution >= 0.6 is 0 Å². The Balaban J connectivity index is 2.00. The molecule has 0 unspecified atom stereocenters. The third-order valence-corrected chi connectivity index (χ3v) is 4.37. The van der Waals surface area contributed by atoms with Gasteiger partial charge in [0.1, 0.15) is 12.2 Å². The van der Waals surface area contributed by atoms with E-state index in [-0.39, 0.29) is 30.1 Å². The van der Waals surface area contributed by atoms with Crippen molar-refractivity contribution in [3.05, 3.63) is 99.5 Å². The van der Waals surface area contributed by atoms with Gasteiger partial charge in [-0.3, -0.25) is 4.79 Å². The van der Waals surface area contributed by atoms with E-state index in [1.807, 2.05) is 60.7 Å². The molecule has 2 aromatic carbocycles. The van der Waals surface area contributed by atoms with Gasteiger partial charge in [-0.05, 0) is 31.0 Å². The number of ether oxygens (including phenoxy) is 2. The number of benzene rings is 2. The van der Waals surface area contributed by atoms with Gasteiger partial charge in [0, 0.05) is 5.69 Å². The van der Waals surface area contributed by atoms with Crippen molar-refractivity contribution in [1.29, 1.82) is 0 Å². The Morgan fingerprint density at radius 2 is 1.57 bits per heavy atom. The summed E-state index contributed by atoms with van der Waals surface area (Å²) in [5.74, 6) is -0.540. The van der Waals surface area contributed by atoms with Crippen molar-refractivity contribution in [3.8, 4) is 5.75 Å². The van der Waals surface area contributed by atoms with Crippen LogP contribution in [0.1, 0.15) is 34.1 Å². The Morgan fingerprint density at radius 1 is 0.964 bits per heavy atom. The minimum atomic E-state index is -0.558. The highest BCUT2D eigenvalue weighted by atomic mass is 16.5. The highest BCUT2D eigenvalue weighted by Gasteiger charge is 2.21. The number of nitrogens with zero attached hydrogens (tertiary/aromatic N) is 1. The quantitative estimate of drug-likeness (QED) is 0.585. The number of esters is 1. The maximum atomic E-state index is 13.2. The first-order valence-electron chi connectivity index (χ1n) is 9.22. The van der Waals surface area contributed by atoms with E-state index in [4.69, 9.17) is 9.47 Å². The van der Waals surface area contributed by atoms with Gasteiger partial charge in [-0.15, -0.1) is 0 Å². The van der Waals surface area contributed by atoms with Crippen LogP contribution in [-0.2, 0) is 17.9 Å². The largest absolute Gasteiger partial charge is 0.482 e. The van der Waals surface area contributed by atoms with Crippen LogP contribution in [-0.4, -0.2) is 17.1 Å². The molecule has 0 saturated carbocycles. The fourth-order valence-electron chi connectivity index (χ4n) is 2.94. The van der Waals surface area contributed by atoms with Crippen LogP contribution in [0, 0.1) is 6.92 Å². The molecule has 1 heterocycles. The third kappa shape index (κ3) is 4.49. The Labute approximate surface area is 164 Å². The van der Waals surface area contributed by atoms with Gasteiger partial charge in [-0.25, -0.2) is 4.79 Å². The van der Waals surface area contributed by atoms with Gasteiger partial charge in [-0.1, -0.05) is 60.7 Å². The molecule has 5 heteroatoms. The van der Waals surface area contributed by atoms with Crippen LogP contribution in [0.4, 0.5) is 0 Å². The van der Waals surface area contributed by atoms with Gasteiger partial charge in [0.2, 0.25) is 0 Å². The molecule has 0 aliphatic heterocycles. The summed E-state index contributed by atoms with van der Waals surface area (Å²) in [5.41, 5.74) is 2.38. The minimum Gasteiger partial charge on any atom is -0.482 e. The second-order valence-corrected chi connectivity index (χ2v) is 6.40. The lowest BCUT2D eigenvalue weighted by molar-refractivity contribution is 0.0520. The zero-order chi connectivity index (χ0) is 19.9. The Morgan fingerprint density at radius 3 is 2.18 bits per heavy atom. The van der Waals surface area contributed by atoms with E-state index < -0.39 is 5.97 Å². The second kappa shape index (κ2) is 9.04. The van der Waals surface area contributed by atoms with Crippen LogP contribution in [0.5, 0.6) is 5.75 Å². The van der Waals surface area contributed by atoms with Gasteiger partial charge >= 0.3 is 5.97 Å². The minimum absolute atomic E-state index is 0.0174. The van der Waals surface area contributed by atoms with Gasteiger partial charge in [-0.2, -0.15) is 0 Å². The highest BCUT2D eigenvalue weighted by Crippen LogP contribution is 2.19. The maximum Gasteiger partial charge on any atom is 0.342 e. The van der Waals surface area contributed by atoms with E-state index in [2.05, 4.69) is 0 Å². The molecule has 0 aliphatic carbocycles. The summed E-state index contributed by atoms with van der Waals surface area (Å²) >= 11 is 0. The number of pyridine rings is 1. The molecule has 28 heavy (non-hydrogen) atoms. The summed E-state index contributed by atoms with van der Waals surface area (Å²) in [4.78, 5) is 25.6. The van der Waals surface area contributed by atoms with Crippen molar-refractivity contribution in [3.63, 3.8) is 0 Å². The fraction of sp³-hybridized carbons (Fsp3) is 0.217. The molecule has 0 spiro atoms. The number of aromatic nitrogens is 1. The van der Waals surface area contributed by atoms with E-state index in [0.29, 0.717) is 12.2 Å². The summed E-state index contributed by atoms with van der Waals surface area (Å²) in [6.07, 6.45) is 0. The Kier molecular flexibility index (Phi) is 6.27. The lowest BCUT2D eigenvalue weighted by Gasteiger charge is -2.16. The van der Waals surface area contributed by atoms with Crippen LogP contribution in [0.2, 0.25) is 0 Å². The van der Waals surface area contributed by atoms with E-state index >= 15 is 0 Å². The van der Waals surface area contributed by atoms with Crippen molar-refractivity contribution >= 4 is 5.97 Å². The summed E-state index contributed by atoms with van der Waals surface area (Å²) in [7, 11) is 0. The molecule has 0 bridgehead atoms. The highest BCUT2D eigenvalue weighted by molar-refractivity contribution is 5.92. The molecular weight excluding hydrogens is 354 g/mol. The number of carbonyl (C=O) groups excluding carboxylic acids is 1. The Hall–Kier alpha value is -3.34. The summed E-state index contributed by atoms with van der Waals surface area (Å²) < 4.78 is 12.6. The Bertz CT molecular complexity index is 994. The first kappa shape index (κ1) is 19.4. The summed E-state index contributed by atoms with van der Waals surface area (Å²) in [5, 5.41) is 0. The molecule has 0 radical (unpaired) electrons. The molecule has 0 atom stereocenters. The average Bonchev–Trinajstić information content (AvgIpc) is 2.72. The molecule has 0 fully saturated rings. The van der Waals surface area contributed by atoms with Gasteiger partial charge in [0.25, 0.3) is 5.56 Å². The zero-order valence-corrected chi connectivity index (χ0v) is 16.1. The van der Waals surface area contributed by atoms with Crippen molar-refractivity contribution in [1.82, 2.24) is 4.57 Å². The third-order valence-electron chi connectivity index (χ3n) is 4.37. The van der Waals surface area contributed by atoms with Gasteiger partial charge in [0.15, 0.2) is 5.75 Å². The standard InChI is InChI=1S/C23H23NO4/c1-3-27-23(26)20-14-17(2)24(15-18-10-6-4-7-11-18)22(25)21(20)28-16-19-12-8-5-9-13-19/h4-14H,3,15-16H2,1-2H3. The van der Waals surface area contributed by atoms with Crippen molar-refractivity contribution in [2.75, 3.05) is 6.61 Å². The average molecular weight is 377 g/mol. The first-order valence-corrected chi connectivity index (χ1v) is 9.22. The maximum absolute atomic E-state index is 13.2. The molecule has 3 aromatic rings. The molecule has 0 aliphatic rings. The number of hydrogen-bond donors (Lipinski definition) is 0. The molecule has 144 valence electrons. The molecule has 0 N–H and O–H groups in total. The number of rotatable bonds is 7. The zero-order valence-electron chi connectivity index (χ0n) is 16.1. The second-order valence-electron chi connectivity index (χ2n) is 6.40. The summed E-state index contributed by atoms with van der Waals surface area (Å²) in [6, 6.07) is 20.9. The normalized spacial score (nSPS) is 10.5. The number of aryl methyl sites for hydroxylation is 1. The summed E-state index contributed by atoms with van der Waals surface area (Å²) in [6.45, 7) is 4.34. The topological polar surface area (TPSA) is 57.5 Å². The lowest BCUT2D eigenvalue weighted by atomic mass is 10.1. The van der Waals surface area contributed by atoms with Crippen LogP contribution in [0.15, 0.2) is 71.5 Å². The fourth-order valence-corrected chi connectivity index (χ4v) is 2.94. The van der Waals surface area contributed by atoms with Crippen molar-refractivity contribution in [2.45, 2.75) is 27.0 Å². The van der Waals surface area contributed by atoms with Gasteiger partial charge in [0.05, 0.1) is 13.2 Å². The predicted molar refractivity (Wildman–Crippen MR) is 108 cm³/mol. The molecule has 0 saturated heterocycles. The van der Waals surface area contributed by atoms with Crippen LogP contribution < -0.4 is 10.3 Å². The SMILES string of the molecule is CCOC(=O)c1cc(C)n(Cc2ccccc2)c(=O)c1OCc1ccccc1. The van der Waals surface area contributed by atoms with Crippen molar-refractivity contribution < 1.29 is 14.3 Å².